The van der Waals surface area contributed by atoms with Gasteiger partial charge in [-0.3, -0.25) is 0 Å². The quantitative estimate of drug-likeness (QED) is 0.513. The van der Waals surface area contributed by atoms with E-state index in [2.05, 4.69) is 12.3 Å². The van der Waals surface area contributed by atoms with Crippen molar-refractivity contribution < 1.29 is 0 Å². The maximum absolute atomic E-state index is 3.02. The van der Waals surface area contributed by atoms with Gasteiger partial charge in [0.25, 0.3) is 0 Å². The van der Waals surface area contributed by atoms with Gasteiger partial charge in [0.2, 0.25) is 0 Å². The van der Waals surface area contributed by atoms with Crippen LogP contribution in [0.2, 0.25) is 0 Å². The molecule has 3 heteroatoms. The van der Waals surface area contributed by atoms with Crippen LogP contribution in [0.1, 0.15) is 6.92 Å². The zero-order valence-corrected chi connectivity index (χ0v) is 5.03. The molecule has 0 aromatic rings. The Morgan fingerprint density at radius 3 is 3.00 bits per heavy atom. The number of nitrogens with one attached hydrogen (secondary N) is 1. The highest BCUT2D eigenvalue weighted by Gasteiger charge is 1.99. The summed E-state index contributed by atoms with van der Waals surface area (Å²) in [4.78, 5) is 0. The molecule has 0 saturated heterocycles. The highest BCUT2D eigenvalue weighted by molar-refractivity contribution is 8.00. The molecule has 1 aliphatic rings. The van der Waals surface area contributed by atoms with Gasteiger partial charge in [0.15, 0.2) is 0 Å². The van der Waals surface area contributed by atoms with Crippen LogP contribution in [-0.4, -0.2) is 11.0 Å². The number of hydrogen-bond acceptors (Lipinski definition) is 3. The molecule has 0 aromatic carbocycles. The molecule has 0 saturated carbocycles. The Balaban J connectivity index is 2.22. The van der Waals surface area contributed by atoms with Crippen molar-refractivity contribution in [3.63, 3.8) is 0 Å². The Hall–Kier alpha value is -0.150. The number of nitrogens with zero attached hydrogens (tertiary/aromatic N) is 1. The van der Waals surface area contributed by atoms with Gasteiger partial charge in [-0.1, -0.05) is 0 Å². The van der Waals surface area contributed by atoms with E-state index in [1.807, 2.05) is 16.0 Å². The van der Waals surface area contributed by atoms with E-state index in [9.17, 15) is 0 Å². The third kappa shape index (κ3) is 1.11. The van der Waals surface area contributed by atoms with Crippen molar-refractivity contribution in [3.8, 4) is 0 Å². The van der Waals surface area contributed by atoms with E-state index in [1.54, 1.807) is 11.9 Å². The van der Waals surface area contributed by atoms with E-state index in [1.165, 1.54) is 0 Å². The van der Waals surface area contributed by atoms with Crippen LogP contribution in [0.3, 0.4) is 0 Å². The normalized spacial score (nSPS) is 20.1. The van der Waals surface area contributed by atoms with Crippen molar-refractivity contribution in [2.45, 2.75) is 6.92 Å². The first kappa shape index (κ1) is 5.00. The molecule has 0 unspecified atom stereocenters. The van der Waals surface area contributed by atoms with Gasteiger partial charge in [-0.05, 0) is 18.9 Å². The first-order valence-corrected chi connectivity index (χ1v) is 3.12. The summed E-state index contributed by atoms with van der Waals surface area (Å²) in [6.07, 6.45) is 1.92. The van der Waals surface area contributed by atoms with Crippen LogP contribution in [0.25, 0.3) is 0 Å². The number of rotatable bonds is 1. The van der Waals surface area contributed by atoms with E-state index in [0.29, 0.717) is 0 Å². The molecule has 40 valence electrons. The zero-order chi connectivity index (χ0) is 5.11. The Morgan fingerprint density at radius 1 is 1.86 bits per heavy atom. The van der Waals surface area contributed by atoms with Crippen LogP contribution in [0.15, 0.2) is 11.6 Å². The van der Waals surface area contributed by atoms with Crippen molar-refractivity contribution in [2.75, 3.05) is 6.54 Å². The Morgan fingerprint density at radius 2 is 2.71 bits per heavy atom. The minimum Gasteiger partial charge on any atom is -0.316 e. The smallest absolute Gasteiger partial charge is 0.0269 e. The van der Waals surface area contributed by atoms with Crippen LogP contribution < -0.4 is 5.43 Å². The van der Waals surface area contributed by atoms with E-state index in [0.717, 1.165) is 6.54 Å². The standard InChI is InChI=1S/C4H8N2S/c1-2-6-5-3-4-7-6/h3-5H,2H2,1H3. The monoisotopic (exact) mass is 116 g/mol. The third-order valence-electron chi connectivity index (χ3n) is 0.762. The van der Waals surface area contributed by atoms with Gasteiger partial charge in [0.05, 0.1) is 0 Å². The van der Waals surface area contributed by atoms with Gasteiger partial charge in [-0.2, -0.15) is 4.41 Å². The molecular formula is C4H8N2S. The van der Waals surface area contributed by atoms with Crippen LogP contribution in [-0.2, 0) is 0 Å². The van der Waals surface area contributed by atoms with Gasteiger partial charge in [0.1, 0.15) is 0 Å². The second kappa shape index (κ2) is 2.23. The van der Waals surface area contributed by atoms with Gasteiger partial charge in [0, 0.05) is 18.2 Å². The van der Waals surface area contributed by atoms with E-state index >= 15 is 0 Å². The van der Waals surface area contributed by atoms with Crippen molar-refractivity contribution in [3.05, 3.63) is 11.6 Å². The summed E-state index contributed by atoms with van der Waals surface area (Å²) in [6.45, 7) is 3.14. The summed E-state index contributed by atoms with van der Waals surface area (Å²) >= 11 is 1.68. The average Bonchev–Trinajstić information content (AvgIpc) is 2.14. The maximum Gasteiger partial charge on any atom is 0.0269 e. The summed E-state index contributed by atoms with van der Waals surface area (Å²) in [5.41, 5.74) is 3.02. The molecule has 0 spiro atoms. The van der Waals surface area contributed by atoms with Crippen molar-refractivity contribution in [1.29, 1.82) is 0 Å². The highest BCUT2D eigenvalue weighted by Crippen LogP contribution is 2.11. The van der Waals surface area contributed by atoms with Crippen molar-refractivity contribution >= 4 is 11.9 Å². The lowest BCUT2D eigenvalue weighted by atomic mass is 10.8. The van der Waals surface area contributed by atoms with E-state index in [-0.39, 0.29) is 0 Å². The average molecular weight is 116 g/mol. The van der Waals surface area contributed by atoms with Gasteiger partial charge in [-0.25, -0.2) is 0 Å². The topological polar surface area (TPSA) is 15.3 Å². The lowest BCUT2D eigenvalue weighted by molar-refractivity contribution is 0.442. The van der Waals surface area contributed by atoms with Gasteiger partial charge >= 0.3 is 0 Å². The van der Waals surface area contributed by atoms with Gasteiger partial charge in [-0.15, -0.1) is 0 Å². The summed E-state index contributed by atoms with van der Waals surface area (Å²) in [6, 6.07) is 0. The summed E-state index contributed by atoms with van der Waals surface area (Å²) in [7, 11) is 0. The molecular weight excluding hydrogens is 108 g/mol. The molecule has 7 heavy (non-hydrogen) atoms. The molecule has 1 rings (SSSR count). The Bertz CT molecular complexity index is 73.8. The second-order valence-electron chi connectivity index (χ2n) is 1.23. The largest absolute Gasteiger partial charge is 0.316 e. The predicted molar refractivity (Wildman–Crippen MR) is 32.2 cm³/mol. The summed E-state index contributed by atoms with van der Waals surface area (Å²) in [5.74, 6) is 0. The molecule has 1 N–H and O–H groups in total. The molecule has 0 radical (unpaired) electrons. The molecule has 1 heterocycles. The molecule has 0 atom stereocenters. The SMILES string of the molecule is CCN1NC=CS1. The number of hydrogen-bond donors (Lipinski definition) is 1. The molecule has 0 aromatic heterocycles. The highest BCUT2D eigenvalue weighted by atomic mass is 32.2. The first-order chi connectivity index (χ1) is 3.43. The fourth-order valence-electron chi connectivity index (χ4n) is 0.414. The van der Waals surface area contributed by atoms with Crippen molar-refractivity contribution in [2.24, 2.45) is 0 Å². The minimum atomic E-state index is 1.04. The molecule has 0 amide bonds. The van der Waals surface area contributed by atoms with Gasteiger partial charge < -0.3 is 5.43 Å². The Kier molecular flexibility index (Phi) is 1.59. The molecule has 2 nitrogen and oxygen atoms in total. The second-order valence-corrected chi connectivity index (χ2v) is 2.16. The van der Waals surface area contributed by atoms with Crippen LogP contribution in [0, 0.1) is 0 Å². The lowest BCUT2D eigenvalue weighted by Gasteiger charge is -2.08. The molecule has 0 fully saturated rings. The lowest BCUT2D eigenvalue weighted by Crippen LogP contribution is -2.22. The molecule has 1 aliphatic heterocycles. The van der Waals surface area contributed by atoms with Crippen LogP contribution >= 0.6 is 11.9 Å². The van der Waals surface area contributed by atoms with Crippen LogP contribution in [0.4, 0.5) is 0 Å². The number of hydrazine groups is 1. The fraction of sp³-hybridized carbons (Fsp3) is 0.500. The zero-order valence-electron chi connectivity index (χ0n) is 4.22. The molecule has 0 bridgehead atoms. The fourth-order valence-corrected chi connectivity index (χ4v) is 0.953. The van der Waals surface area contributed by atoms with Crippen molar-refractivity contribution in [1.82, 2.24) is 9.84 Å². The summed E-state index contributed by atoms with van der Waals surface area (Å²) in [5, 5.41) is 2.02. The van der Waals surface area contributed by atoms with E-state index < -0.39 is 0 Å². The predicted octanol–water partition coefficient (Wildman–Crippen LogP) is 0.946. The summed E-state index contributed by atoms with van der Waals surface area (Å²) < 4.78 is 2.04. The maximum atomic E-state index is 3.02. The first-order valence-electron chi connectivity index (χ1n) is 2.29. The van der Waals surface area contributed by atoms with Crippen LogP contribution in [0.5, 0.6) is 0 Å². The third-order valence-corrected chi connectivity index (χ3v) is 1.64. The van der Waals surface area contributed by atoms with E-state index in [4.69, 9.17) is 0 Å². The minimum absolute atomic E-state index is 1.04. The Labute approximate surface area is 47.7 Å². The molecule has 0 aliphatic carbocycles.